The van der Waals surface area contributed by atoms with E-state index < -0.39 is 0 Å². The smallest absolute Gasteiger partial charge is 0.145 e. The van der Waals surface area contributed by atoms with Gasteiger partial charge in [0, 0.05) is 12.4 Å². The predicted octanol–water partition coefficient (Wildman–Crippen LogP) is 1.69. The molecule has 3 heterocycles. The van der Waals surface area contributed by atoms with Crippen molar-refractivity contribution < 1.29 is 0 Å². The second-order valence-electron chi connectivity index (χ2n) is 4.42. The van der Waals surface area contributed by atoms with Gasteiger partial charge in [-0.3, -0.25) is 5.10 Å². The van der Waals surface area contributed by atoms with Gasteiger partial charge in [0.1, 0.15) is 17.5 Å². The number of H-pyrrole nitrogens is 1. The third kappa shape index (κ3) is 1.85. The molecule has 3 aromatic rings. The highest BCUT2D eigenvalue weighted by molar-refractivity contribution is 5.85. The van der Waals surface area contributed by atoms with Gasteiger partial charge in [-0.05, 0) is 19.9 Å². The van der Waals surface area contributed by atoms with Crippen molar-refractivity contribution >= 4 is 11.0 Å². The van der Waals surface area contributed by atoms with Gasteiger partial charge in [-0.15, -0.1) is 0 Å². The number of nitriles is 1. The Kier molecular flexibility index (Phi) is 2.53. The molecule has 94 valence electrons. The lowest BCUT2D eigenvalue weighted by Crippen LogP contribution is -2.01. The van der Waals surface area contributed by atoms with Crippen LogP contribution in [0.2, 0.25) is 0 Å². The summed E-state index contributed by atoms with van der Waals surface area (Å²) in [6.45, 7) is 4.36. The Labute approximate surface area is 109 Å². The molecule has 6 heteroatoms. The standard InChI is InChI=1S/C13H12N6/c1-8-12-10(5-14)6-19(7-11-3-4-15-18-11)13(12)17-9(2)16-8/h3-4,6H,7H2,1-2H3,(H,15,18). The number of hydrogen-bond donors (Lipinski definition) is 1. The van der Waals surface area contributed by atoms with Crippen molar-refractivity contribution in [2.45, 2.75) is 20.4 Å². The molecule has 0 aliphatic heterocycles. The van der Waals surface area contributed by atoms with Crippen LogP contribution < -0.4 is 0 Å². The number of nitrogens with one attached hydrogen (secondary N) is 1. The van der Waals surface area contributed by atoms with Gasteiger partial charge in [-0.1, -0.05) is 0 Å². The average molecular weight is 252 g/mol. The minimum atomic E-state index is 0.604. The van der Waals surface area contributed by atoms with Crippen LogP contribution in [0.5, 0.6) is 0 Å². The molecular formula is C13H12N6. The molecule has 0 radical (unpaired) electrons. The van der Waals surface area contributed by atoms with Crippen LogP contribution in [0.4, 0.5) is 0 Å². The maximum absolute atomic E-state index is 9.23. The van der Waals surface area contributed by atoms with Crippen LogP contribution >= 0.6 is 0 Å². The van der Waals surface area contributed by atoms with Crippen LogP contribution in [-0.2, 0) is 6.54 Å². The van der Waals surface area contributed by atoms with Crippen molar-refractivity contribution in [2.24, 2.45) is 0 Å². The van der Waals surface area contributed by atoms with Gasteiger partial charge in [-0.25, -0.2) is 9.97 Å². The van der Waals surface area contributed by atoms with E-state index in [-0.39, 0.29) is 0 Å². The predicted molar refractivity (Wildman–Crippen MR) is 69.4 cm³/mol. The minimum Gasteiger partial charge on any atom is -0.325 e. The van der Waals surface area contributed by atoms with Crippen LogP contribution in [0.3, 0.4) is 0 Å². The molecule has 0 fully saturated rings. The van der Waals surface area contributed by atoms with Crippen molar-refractivity contribution in [2.75, 3.05) is 0 Å². The molecule has 6 nitrogen and oxygen atoms in total. The van der Waals surface area contributed by atoms with Crippen molar-refractivity contribution in [1.82, 2.24) is 24.7 Å². The fourth-order valence-corrected chi connectivity index (χ4v) is 2.26. The Morgan fingerprint density at radius 3 is 2.89 bits per heavy atom. The lowest BCUT2D eigenvalue weighted by atomic mass is 10.2. The monoisotopic (exact) mass is 252 g/mol. The van der Waals surface area contributed by atoms with Crippen molar-refractivity contribution in [3.63, 3.8) is 0 Å². The molecule has 0 amide bonds. The molecule has 0 bridgehead atoms. The molecule has 0 unspecified atom stereocenters. The van der Waals surface area contributed by atoms with Crippen molar-refractivity contribution in [1.29, 1.82) is 5.26 Å². The quantitative estimate of drug-likeness (QED) is 0.752. The third-order valence-corrected chi connectivity index (χ3v) is 3.03. The molecule has 19 heavy (non-hydrogen) atoms. The number of fused-ring (bicyclic) bond motifs is 1. The average Bonchev–Trinajstić information content (AvgIpc) is 2.98. The van der Waals surface area contributed by atoms with Crippen LogP contribution in [-0.4, -0.2) is 24.7 Å². The number of aryl methyl sites for hydroxylation is 2. The van der Waals surface area contributed by atoms with E-state index in [0.29, 0.717) is 17.9 Å². The lowest BCUT2D eigenvalue weighted by molar-refractivity contribution is 0.785. The second kappa shape index (κ2) is 4.21. The number of aromatic amines is 1. The number of rotatable bonds is 2. The van der Waals surface area contributed by atoms with Gasteiger partial charge in [0.2, 0.25) is 0 Å². The second-order valence-corrected chi connectivity index (χ2v) is 4.42. The molecule has 0 aliphatic rings. The molecule has 0 spiro atoms. The maximum atomic E-state index is 9.23. The van der Waals surface area contributed by atoms with Crippen LogP contribution in [0, 0.1) is 25.2 Å². The zero-order valence-electron chi connectivity index (χ0n) is 10.7. The Morgan fingerprint density at radius 2 is 2.21 bits per heavy atom. The summed E-state index contributed by atoms with van der Waals surface area (Å²) < 4.78 is 1.95. The molecule has 0 aliphatic carbocycles. The molecular weight excluding hydrogens is 240 g/mol. The zero-order valence-corrected chi connectivity index (χ0v) is 10.7. The summed E-state index contributed by atoms with van der Waals surface area (Å²) in [5.74, 6) is 0.707. The molecule has 3 rings (SSSR count). The van der Waals surface area contributed by atoms with E-state index in [0.717, 1.165) is 22.4 Å². The normalized spacial score (nSPS) is 10.8. The summed E-state index contributed by atoms with van der Waals surface area (Å²) in [6.07, 6.45) is 3.52. The molecule has 0 saturated carbocycles. The lowest BCUT2D eigenvalue weighted by Gasteiger charge is -2.04. The first-order valence-electron chi connectivity index (χ1n) is 5.91. The Hall–Kier alpha value is -2.68. The highest BCUT2D eigenvalue weighted by atomic mass is 15.1. The van der Waals surface area contributed by atoms with Gasteiger partial charge < -0.3 is 4.57 Å². The SMILES string of the molecule is Cc1nc(C)c2c(C#N)cn(Cc3ccn[nH]3)c2n1. The van der Waals surface area contributed by atoms with Crippen LogP contribution in [0.25, 0.3) is 11.0 Å². The first kappa shape index (κ1) is 11.4. The fourth-order valence-electron chi connectivity index (χ4n) is 2.26. The topological polar surface area (TPSA) is 83.2 Å². The van der Waals surface area contributed by atoms with Crippen molar-refractivity contribution in [3.05, 3.63) is 41.2 Å². The van der Waals surface area contributed by atoms with Crippen LogP contribution in [0.15, 0.2) is 18.5 Å². The summed E-state index contributed by atoms with van der Waals surface area (Å²) in [4.78, 5) is 8.78. The third-order valence-electron chi connectivity index (χ3n) is 3.03. The van der Waals surface area contributed by atoms with Gasteiger partial charge in [0.15, 0.2) is 0 Å². The fraction of sp³-hybridized carbons (Fsp3) is 0.231. The minimum absolute atomic E-state index is 0.604. The van der Waals surface area contributed by atoms with E-state index in [4.69, 9.17) is 0 Å². The van der Waals surface area contributed by atoms with Crippen molar-refractivity contribution in [3.8, 4) is 6.07 Å². The molecule has 0 saturated heterocycles. The largest absolute Gasteiger partial charge is 0.325 e. The Balaban J connectivity index is 2.22. The van der Waals surface area contributed by atoms with Crippen LogP contribution in [0.1, 0.15) is 22.8 Å². The van der Waals surface area contributed by atoms with E-state index >= 15 is 0 Å². The van der Waals surface area contributed by atoms with Gasteiger partial charge in [0.25, 0.3) is 0 Å². The summed E-state index contributed by atoms with van der Waals surface area (Å²) in [5.41, 5.74) is 3.20. The summed E-state index contributed by atoms with van der Waals surface area (Å²) in [7, 11) is 0. The summed E-state index contributed by atoms with van der Waals surface area (Å²) in [6, 6.07) is 4.11. The molecule has 0 atom stereocenters. The zero-order chi connectivity index (χ0) is 13.4. The van der Waals surface area contributed by atoms with E-state index in [1.807, 2.05) is 30.7 Å². The van der Waals surface area contributed by atoms with E-state index in [9.17, 15) is 5.26 Å². The van der Waals surface area contributed by atoms with E-state index in [2.05, 4.69) is 26.2 Å². The first-order chi connectivity index (χ1) is 9.19. The molecule has 1 N–H and O–H groups in total. The molecule has 3 aromatic heterocycles. The van der Waals surface area contributed by atoms with E-state index in [1.54, 1.807) is 6.20 Å². The highest BCUT2D eigenvalue weighted by Crippen LogP contribution is 2.22. The summed E-state index contributed by atoms with van der Waals surface area (Å²) >= 11 is 0. The number of aromatic nitrogens is 5. The summed E-state index contributed by atoms with van der Waals surface area (Å²) in [5, 5.41) is 16.9. The Morgan fingerprint density at radius 1 is 1.37 bits per heavy atom. The Bertz CT molecular complexity index is 776. The van der Waals surface area contributed by atoms with Gasteiger partial charge in [-0.2, -0.15) is 10.4 Å². The van der Waals surface area contributed by atoms with E-state index in [1.165, 1.54) is 0 Å². The number of nitrogens with zero attached hydrogens (tertiary/aromatic N) is 5. The number of hydrogen-bond acceptors (Lipinski definition) is 4. The highest BCUT2D eigenvalue weighted by Gasteiger charge is 2.14. The molecule has 0 aromatic carbocycles. The van der Waals surface area contributed by atoms with Gasteiger partial charge in [0.05, 0.1) is 28.9 Å². The first-order valence-corrected chi connectivity index (χ1v) is 5.91. The maximum Gasteiger partial charge on any atom is 0.145 e. The van der Waals surface area contributed by atoms with Gasteiger partial charge >= 0.3 is 0 Å².